The first-order valence-corrected chi connectivity index (χ1v) is 8.98. The van der Waals surface area contributed by atoms with Gasteiger partial charge in [-0.25, -0.2) is 0 Å². The fraction of sp³-hybridized carbons (Fsp3) is 0.381. The number of ether oxygens (including phenoxy) is 2. The molecule has 0 amide bonds. The SMILES string of the molecule is COc1cc([C@@H](CC#N)N2CCNCC2)ccc1OCc1ccccc1. The van der Waals surface area contributed by atoms with Crippen LogP contribution < -0.4 is 14.8 Å². The highest BCUT2D eigenvalue weighted by Crippen LogP contribution is 2.34. The molecule has 0 saturated carbocycles. The van der Waals surface area contributed by atoms with Crippen molar-refractivity contribution in [3.8, 4) is 17.6 Å². The molecule has 5 heteroatoms. The van der Waals surface area contributed by atoms with Crippen LogP contribution in [0.5, 0.6) is 11.5 Å². The van der Waals surface area contributed by atoms with Crippen LogP contribution in [0.4, 0.5) is 0 Å². The Morgan fingerprint density at radius 3 is 2.58 bits per heavy atom. The van der Waals surface area contributed by atoms with Crippen LogP contribution in [0.1, 0.15) is 23.6 Å². The smallest absolute Gasteiger partial charge is 0.161 e. The molecule has 1 N–H and O–H groups in total. The Morgan fingerprint density at radius 1 is 1.12 bits per heavy atom. The molecule has 0 bridgehead atoms. The number of methoxy groups -OCH3 is 1. The molecule has 0 radical (unpaired) electrons. The van der Waals surface area contributed by atoms with Crippen LogP contribution in [0.3, 0.4) is 0 Å². The third-order valence-electron chi connectivity index (χ3n) is 4.69. The topological polar surface area (TPSA) is 57.5 Å². The van der Waals surface area contributed by atoms with Gasteiger partial charge >= 0.3 is 0 Å². The molecule has 0 spiro atoms. The van der Waals surface area contributed by atoms with E-state index >= 15 is 0 Å². The van der Waals surface area contributed by atoms with Crippen molar-refractivity contribution in [2.45, 2.75) is 19.1 Å². The van der Waals surface area contributed by atoms with Crippen LogP contribution in [0.15, 0.2) is 48.5 Å². The van der Waals surface area contributed by atoms with Crippen LogP contribution in [0, 0.1) is 11.3 Å². The lowest BCUT2D eigenvalue weighted by Gasteiger charge is -2.34. The Kier molecular flexibility index (Phi) is 6.48. The first kappa shape index (κ1) is 18.2. The summed E-state index contributed by atoms with van der Waals surface area (Å²) < 4.78 is 11.5. The molecule has 2 aromatic carbocycles. The predicted octanol–water partition coefficient (Wildman–Crippen LogP) is 3.13. The van der Waals surface area contributed by atoms with Gasteiger partial charge in [-0.05, 0) is 23.3 Å². The van der Waals surface area contributed by atoms with Gasteiger partial charge in [0.05, 0.1) is 19.6 Å². The second-order valence-electron chi connectivity index (χ2n) is 6.35. The Bertz CT molecular complexity index is 737. The lowest BCUT2D eigenvalue weighted by Crippen LogP contribution is -2.45. The zero-order chi connectivity index (χ0) is 18.2. The van der Waals surface area contributed by atoms with Gasteiger partial charge in [0, 0.05) is 32.2 Å². The Hall–Kier alpha value is -2.55. The Labute approximate surface area is 155 Å². The zero-order valence-electron chi connectivity index (χ0n) is 15.1. The number of hydrogen-bond donors (Lipinski definition) is 1. The fourth-order valence-corrected chi connectivity index (χ4v) is 3.28. The number of hydrogen-bond acceptors (Lipinski definition) is 5. The molecule has 0 aromatic heterocycles. The lowest BCUT2D eigenvalue weighted by molar-refractivity contribution is 0.175. The summed E-state index contributed by atoms with van der Waals surface area (Å²) in [6.07, 6.45) is 0.466. The lowest BCUT2D eigenvalue weighted by atomic mass is 10.0. The molecule has 2 aromatic rings. The minimum atomic E-state index is 0.0826. The molecule has 0 aliphatic carbocycles. The summed E-state index contributed by atoms with van der Waals surface area (Å²) in [6, 6.07) is 18.5. The van der Waals surface area contributed by atoms with E-state index in [1.165, 1.54) is 0 Å². The highest BCUT2D eigenvalue weighted by atomic mass is 16.5. The van der Waals surface area contributed by atoms with Crippen LogP contribution in [0.2, 0.25) is 0 Å². The maximum absolute atomic E-state index is 9.27. The molecule has 0 unspecified atom stereocenters. The largest absolute Gasteiger partial charge is 0.493 e. The molecule has 3 rings (SSSR count). The van der Waals surface area contributed by atoms with Crippen LogP contribution >= 0.6 is 0 Å². The molecule has 1 heterocycles. The summed E-state index contributed by atoms with van der Waals surface area (Å²) in [5.41, 5.74) is 2.21. The van der Waals surface area contributed by atoms with E-state index in [1.54, 1.807) is 7.11 Å². The minimum Gasteiger partial charge on any atom is -0.493 e. The van der Waals surface area contributed by atoms with Crippen molar-refractivity contribution in [2.75, 3.05) is 33.3 Å². The third-order valence-corrected chi connectivity index (χ3v) is 4.69. The van der Waals surface area contributed by atoms with Crippen molar-refractivity contribution in [2.24, 2.45) is 0 Å². The molecule has 1 atom stereocenters. The molecular weight excluding hydrogens is 326 g/mol. The molecule has 26 heavy (non-hydrogen) atoms. The van der Waals surface area contributed by atoms with Gasteiger partial charge in [0.25, 0.3) is 0 Å². The van der Waals surface area contributed by atoms with Crippen molar-refractivity contribution in [3.63, 3.8) is 0 Å². The number of piperazine rings is 1. The summed E-state index contributed by atoms with van der Waals surface area (Å²) >= 11 is 0. The standard InChI is InChI=1S/C21H25N3O2/c1-25-21-15-18(19(9-10-22)24-13-11-23-12-14-24)7-8-20(21)26-16-17-5-3-2-4-6-17/h2-8,15,19,23H,9,11-14,16H2,1H3/t19-/m1/s1. The first-order valence-electron chi connectivity index (χ1n) is 8.98. The molecular formula is C21H25N3O2. The summed E-state index contributed by atoms with van der Waals surface area (Å²) in [7, 11) is 1.65. The molecule has 1 saturated heterocycles. The van der Waals surface area contributed by atoms with E-state index in [1.807, 2.05) is 48.5 Å². The Morgan fingerprint density at radius 2 is 1.88 bits per heavy atom. The highest BCUT2D eigenvalue weighted by molar-refractivity contribution is 5.44. The minimum absolute atomic E-state index is 0.0826. The van der Waals surface area contributed by atoms with Gasteiger partial charge in [-0.2, -0.15) is 5.26 Å². The summed E-state index contributed by atoms with van der Waals surface area (Å²) in [5.74, 6) is 1.42. The van der Waals surface area contributed by atoms with Gasteiger partial charge in [-0.3, -0.25) is 4.90 Å². The van der Waals surface area contributed by atoms with E-state index in [9.17, 15) is 5.26 Å². The predicted molar refractivity (Wildman–Crippen MR) is 101 cm³/mol. The normalized spacial score (nSPS) is 15.8. The van der Waals surface area contributed by atoms with Crippen LogP contribution in [0.25, 0.3) is 0 Å². The average Bonchev–Trinajstić information content (AvgIpc) is 2.72. The third kappa shape index (κ3) is 4.54. The molecule has 136 valence electrons. The van der Waals surface area contributed by atoms with Gasteiger partial charge in [0.2, 0.25) is 0 Å². The first-order chi connectivity index (χ1) is 12.8. The second kappa shape index (κ2) is 9.23. The summed E-state index contributed by atoms with van der Waals surface area (Å²) in [5, 5.41) is 12.6. The fourth-order valence-electron chi connectivity index (χ4n) is 3.28. The van der Waals surface area contributed by atoms with Crippen molar-refractivity contribution in [1.82, 2.24) is 10.2 Å². The number of nitrogens with one attached hydrogen (secondary N) is 1. The maximum Gasteiger partial charge on any atom is 0.161 e. The van der Waals surface area contributed by atoms with E-state index in [2.05, 4.69) is 16.3 Å². The highest BCUT2D eigenvalue weighted by Gasteiger charge is 2.23. The van der Waals surface area contributed by atoms with Crippen LogP contribution in [-0.2, 0) is 6.61 Å². The quantitative estimate of drug-likeness (QED) is 0.830. The van der Waals surface area contributed by atoms with Gasteiger partial charge < -0.3 is 14.8 Å². The van der Waals surface area contributed by atoms with E-state index in [0.29, 0.717) is 18.8 Å². The summed E-state index contributed by atoms with van der Waals surface area (Å²) in [4.78, 5) is 2.36. The maximum atomic E-state index is 9.27. The zero-order valence-corrected chi connectivity index (χ0v) is 15.1. The second-order valence-corrected chi connectivity index (χ2v) is 6.35. The number of benzene rings is 2. The van der Waals surface area contributed by atoms with Crippen molar-refractivity contribution in [1.29, 1.82) is 5.26 Å². The average molecular weight is 351 g/mol. The van der Waals surface area contributed by atoms with Crippen molar-refractivity contribution in [3.05, 3.63) is 59.7 Å². The van der Waals surface area contributed by atoms with E-state index < -0.39 is 0 Å². The Balaban J connectivity index is 1.76. The molecule has 5 nitrogen and oxygen atoms in total. The van der Waals surface area contributed by atoms with Gasteiger partial charge in [-0.1, -0.05) is 36.4 Å². The van der Waals surface area contributed by atoms with Gasteiger partial charge in [0.1, 0.15) is 6.61 Å². The number of nitriles is 1. The van der Waals surface area contributed by atoms with E-state index in [4.69, 9.17) is 9.47 Å². The summed E-state index contributed by atoms with van der Waals surface area (Å²) in [6.45, 7) is 4.30. The monoisotopic (exact) mass is 351 g/mol. The van der Waals surface area contributed by atoms with Crippen molar-refractivity contribution >= 4 is 0 Å². The molecule has 1 aliphatic heterocycles. The molecule has 1 fully saturated rings. The molecule has 1 aliphatic rings. The van der Waals surface area contributed by atoms with Crippen molar-refractivity contribution < 1.29 is 9.47 Å². The van der Waals surface area contributed by atoms with Gasteiger partial charge in [0.15, 0.2) is 11.5 Å². The van der Waals surface area contributed by atoms with Crippen LogP contribution in [-0.4, -0.2) is 38.2 Å². The van der Waals surface area contributed by atoms with E-state index in [-0.39, 0.29) is 6.04 Å². The van der Waals surface area contributed by atoms with Gasteiger partial charge in [-0.15, -0.1) is 0 Å². The van der Waals surface area contributed by atoms with E-state index in [0.717, 1.165) is 43.1 Å². The number of nitrogens with zero attached hydrogens (tertiary/aromatic N) is 2. The number of rotatable bonds is 7.